The van der Waals surface area contributed by atoms with Crippen LogP contribution in [0.5, 0.6) is 0 Å². The maximum absolute atomic E-state index is 6.05. The van der Waals surface area contributed by atoms with Crippen LogP contribution in [0.2, 0.25) is 5.02 Å². The highest BCUT2D eigenvalue weighted by molar-refractivity contribution is 6.30. The second-order valence-electron chi connectivity index (χ2n) is 6.87. The van der Waals surface area contributed by atoms with Gasteiger partial charge in [0.05, 0.1) is 5.69 Å². The summed E-state index contributed by atoms with van der Waals surface area (Å²) in [5, 5.41) is 4.76. The lowest BCUT2D eigenvalue weighted by molar-refractivity contribution is 0.240. The van der Waals surface area contributed by atoms with Gasteiger partial charge in [0.15, 0.2) is 0 Å². The van der Waals surface area contributed by atoms with Gasteiger partial charge >= 0.3 is 6.01 Å². The molecule has 8 heteroatoms. The first kappa shape index (κ1) is 17.2. The fourth-order valence-corrected chi connectivity index (χ4v) is 3.67. The highest BCUT2D eigenvalue weighted by Crippen LogP contribution is 2.23. The summed E-state index contributed by atoms with van der Waals surface area (Å²) in [6, 6.07) is 14.1. The molecule has 4 aromatic rings. The predicted octanol–water partition coefficient (Wildman–Crippen LogP) is 3.36. The molecule has 0 aliphatic carbocycles. The highest BCUT2D eigenvalue weighted by Gasteiger charge is 2.22. The van der Waals surface area contributed by atoms with Gasteiger partial charge in [-0.25, -0.2) is 4.98 Å². The third kappa shape index (κ3) is 3.46. The number of piperazine rings is 1. The zero-order valence-corrected chi connectivity index (χ0v) is 16.0. The summed E-state index contributed by atoms with van der Waals surface area (Å²) >= 11 is 6.05. The van der Waals surface area contributed by atoms with Crippen molar-refractivity contribution < 1.29 is 4.52 Å². The molecule has 1 aliphatic heterocycles. The van der Waals surface area contributed by atoms with E-state index in [1.807, 2.05) is 48.7 Å². The van der Waals surface area contributed by atoms with E-state index in [0.717, 1.165) is 49.6 Å². The molecule has 142 valence electrons. The van der Waals surface area contributed by atoms with Gasteiger partial charge in [0.1, 0.15) is 5.65 Å². The number of halogens is 1. The normalized spacial score (nSPS) is 15.4. The quantitative estimate of drug-likeness (QED) is 0.529. The van der Waals surface area contributed by atoms with Gasteiger partial charge in [0.25, 0.3) is 0 Å². The molecule has 0 radical (unpaired) electrons. The van der Waals surface area contributed by atoms with Gasteiger partial charge < -0.3 is 13.8 Å². The third-order valence-corrected chi connectivity index (χ3v) is 5.18. The fraction of sp³-hybridized carbons (Fsp3) is 0.250. The van der Waals surface area contributed by atoms with Gasteiger partial charge in [-0.3, -0.25) is 4.90 Å². The topological polar surface area (TPSA) is 62.7 Å². The first-order valence-corrected chi connectivity index (χ1v) is 9.62. The molecule has 1 fully saturated rings. The number of rotatable bonds is 4. The number of fused-ring (bicyclic) bond motifs is 1. The minimum atomic E-state index is 0.558. The van der Waals surface area contributed by atoms with Gasteiger partial charge in [-0.05, 0) is 24.3 Å². The zero-order valence-electron chi connectivity index (χ0n) is 15.2. The maximum atomic E-state index is 6.05. The Morgan fingerprint density at radius 1 is 1.00 bits per heavy atom. The molecule has 1 saturated heterocycles. The number of benzene rings is 1. The Morgan fingerprint density at radius 2 is 1.89 bits per heavy atom. The van der Waals surface area contributed by atoms with Crippen LogP contribution in [0, 0.1) is 0 Å². The van der Waals surface area contributed by atoms with Crippen molar-refractivity contribution in [3.8, 4) is 11.4 Å². The average molecular weight is 395 g/mol. The lowest BCUT2D eigenvalue weighted by Gasteiger charge is -2.32. The van der Waals surface area contributed by atoms with Crippen LogP contribution < -0.4 is 4.90 Å². The second-order valence-corrected chi connectivity index (χ2v) is 7.31. The lowest BCUT2D eigenvalue weighted by atomic mass is 10.2. The molecule has 0 amide bonds. The Bertz CT molecular complexity index is 1070. The van der Waals surface area contributed by atoms with Gasteiger partial charge in [0, 0.05) is 55.7 Å². The number of anilines is 1. The molecular weight excluding hydrogens is 376 g/mol. The van der Waals surface area contributed by atoms with Crippen LogP contribution in [0.15, 0.2) is 59.4 Å². The number of nitrogens with zero attached hydrogens (tertiary/aromatic N) is 6. The Hall–Kier alpha value is -2.90. The van der Waals surface area contributed by atoms with Gasteiger partial charge in [-0.2, -0.15) is 4.98 Å². The number of hydrogen-bond donors (Lipinski definition) is 0. The van der Waals surface area contributed by atoms with Crippen LogP contribution in [0.1, 0.15) is 5.69 Å². The van der Waals surface area contributed by atoms with E-state index in [4.69, 9.17) is 16.1 Å². The van der Waals surface area contributed by atoms with Crippen LogP contribution in [0.4, 0.5) is 6.01 Å². The maximum Gasteiger partial charge on any atom is 0.324 e. The Balaban J connectivity index is 1.22. The van der Waals surface area contributed by atoms with E-state index >= 15 is 0 Å². The summed E-state index contributed by atoms with van der Waals surface area (Å²) < 4.78 is 7.54. The monoisotopic (exact) mass is 394 g/mol. The first-order chi connectivity index (χ1) is 13.7. The van der Waals surface area contributed by atoms with Gasteiger partial charge in [-0.15, -0.1) is 0 Å². The van der Waals surface area contributed by atoms with E-state index in [0.29, 0.717) is 16.9 Å². The summed E-state index contributed by atoms with van der Waals surface area (Å²) in [4.78, 5) is 13.7. The molecule has 0 unspecified atom stereocenters. The van der Waals surface area contributed by atoms with E-state index in [-0.39, 0.29) is 0 Å². The standard InChI is InChI=1S/C20H19ClN6O/c21-16-5-3-4-15(12-16)19-23-20(28-24-19)26-10-8-25(9-11-26)13-17-14-27-7-2-1-6-18(27)22-17/h1-7,12,14H,8-11,13H2. The Kier molecular flexibility index (Phi) is 4.46. The van der Waals surface area contributed by atoms with Crippen LogP contribution in [-0.4, -0.2) is 50.6 Å². The smallest absolute Gasteiger partial charge is 0.322 e. The summed E-state index contributed by atoms with van der Waals surface area (Å²) in [6.45, 7) is 4.35. The molecule has 0 atom stereocenters. The average Bonchev–Trinajstić information content (AvgIpc) is 3.35. The summed E-state index contributed by atoms with van der Waals surface area (Å²) in [6.07, 6.45) is 4.12. The van der Waals surface area contributed by atoms with Crippen molar-refractivity contribution in [3.05, 3.63) is 65.6 Å². The minimum absolute atomic E-state index is 0.558. The van der Waals surface area contributed by atoms with Crippen molar-refractivity contribution in [1.29, 1.82) is 0 Å². The number of aromatic nitrogens is 4. The van der Waals surface area contributed by atoms with Crippen LogP contribution >= 0.6 is 11.6 Å². The molecule has 1 aliphatic rings. The summed E-state index contributed by atoms with van der Waals surface area (Å²) in [5.41, 5.74) is 2.92. The first-order valence-electron chi connectivity index (χ1n) is 9.24. The van der Waals surface area contributed by atoms with E-state index in [9.17, 15) is 0 Å². The largest absolute Gasteiger partial charge is 0.324 e. The van der Waals surface area contributed by atoms with Crippen molar-refractivity contribution >= 4 is 23.3 Å². The molecule has 0 N–H and O–H groups in total. The molecule has 5 rings (SSSR count). The van der Waals surface area contributed by atoms with E-state index in [1.165, 1.54) is 0 Å². The highest BCUT2D eigenvalue weighted by atomic mass is 35.5. The second kappa shape index (κ2) is 7.26. The zero-order chi connectivity index (χ0) is 18.9. The van der Waals surface area contributed by atoms with Crippen LogP contribution in [0.3, 0.4) is 0 Å². The van der Waals surface area contributed by atoms with E-state index in [1.54, 1.807) is 0 Å². The van der Waals surface area contributed by atoms with Gasteiger partial charge in [-0.1, -0.05) is 35.0 Å². The van der Waals surface area contributed by atoms with Crippen molar-refractivity contribution in [1.82, 2.24) is 24.4 Å². The molecule has 28 heavy (non-hydrogen) atoms. The molecule has 0 spiro atoms. The summed E-state index contributed by atoms with van der Waals surface area (Å²) in [5.74, 6) is 0.560. The van der Waals surface area contributed by atoms with E-state index in [2.05, 4.69) is 35.5 Å². The van der Waals surface area contributed by atoms with Crippen molar-refractivity contribution in [3.63, 3.8) is 0 Å². The fourth-order valence-electron chi connectivity index (χ4n) is 3.48. The van der Waals surface area contributed by atoms with Gasteiger partial charge in [0.2, 0.25) is 5.82 Å². The van der Waals surface area contributed by atoms with Crippen molar-refractivity contribution in [2.75, 3.05) is 31.1 Å². The molecule has 3 aromatic heterocycles. The molecule has 0 bridgehead atoms. The molecule has 1 aromatic carbocycles. The lowest BCUT2D eigenvalue weighted by Crippen LogP contribution is -2.46. The number of imidazole rings is 1. The van der Waals surface area contributed by atoms with Crippen LogP contribution in [0.25, 0.3) is 17.0 Å². The number of pyridine rings is 1. The molecule has 4 heterocycles. The van der Waals surface area contributed by atoms with Crippen molar-refractivity contribution in [2.24, 2.45) is 0 Å². The van der Waals surface area contributed by atoms with Crippen LogP contribution in [-0.2, 0) is 6.54 Å². The summed E-state index contributed by atoms with van der Waals surface area (Å²) in [7, 11) is 0. The minimum Gasteiger partial charge on any atom is -0.322 e. The Labute approximate surface area is 167 Å². The van der Waals surface area contributed by atoms with Crippen molar-refractivity contribution in [2.45, 2.75) is 6.54 Å². The third-order valence-electron chi connectivity index (χ3n) is 4.94. The Morgan fingerprint density at radius 3 is 2.71 bits per heavy atom. The van der Waals surface area contributed by atoms with E-state index < -0.39 is 0 Å². The number of hydrogen-bond acceptors (Lipinski definition) is 6. The SMILES string of the molecule is Clc1cccc(-c2noc(N3CCN(Cc4cn5ccccc5n4)CC3)n2)c1. The molecular formula is C20H19ClN6O. The molecule has 7 nitrogen and oxygen atoms in total. The molecule has 0 saturated carbocycles. The predicted molar refractivity (Wildman–Crippen MR) is 107 cm³/mol.